The largest absolute Gasteiger partial charge is 0.310 e. The summed E-state index contributed by atoms with van der Waals surface area (Å²) in [5.41, 5.74) is 5.43. The van der Waals surface area contributed by atoms with Crippen molar-refractivity contribution in [2.45, 2.75) is 39.7 Å². The lowest BCUT2D eigenvalue weighted by Gasteiger charge is -2.21. The standard InChI is InChI=1S/C18H24N2/c1-4-20-18(10-8-16-6-5-11-19-13-16)17-9-7-14(2)12-15(17)3/h5-7,9,11-13,18,20H,4,8,10H2,1-3H3. The maximum atomic E-state index is 4.19. The van der Waals surface area contributed by atoms with Crippen LogP contribution in [0.15, 0.2) is 42.7 Å². The fourth-order valence-electron chi connectivity index (χ4n) is 2.69. The van der Waals surface area contributed by atoms with E-state index in [9.17, 15) is 0 Å². The maximum Gasteiger partial charge on any atom is 0.0325 e. The molecule has 1 unspecified atom stereocenters. The third-order valence-electron chi connectivity index (χ3n) is 3.70. The van der Waals surface area contributed by atoms with Gasteiger partial charge in [0, 0.05) is 18.4 Å². The van der Waals surface area contributed by atoms with E-state index in [0.29, 0.717) is 6.04 Å². The molecule has 0 saturated heterocycles. The van der Waals surface area contributed by atoms with Crippen LogP contribution in [0.3, 0.4) is 0 Å². The number of aryl methyl sites for hydroxylation is 3. The van der Waals surface area contributed by atoms with Gasteiger partial charge in [-0.25, -0.2) is 0 Å². The van der Waals surface area contributed by atoms with Crippen LogP contribution in [0.25, 0.3) is 0 Å². The molecule has 0 aliphatic rings. The number of aromatic nitrogens is 1. The van der Waals surface area contributed by atoms with Crippen molar-refractivity contribution < 1.29 is 0 Å². The van der Waals surface area contributed by atoms with E-state index in [-0.39, 0.29) is 0 Å². The highest BCUT2D eigenvalue weighted by molar-refractivity contribution is 5.33. The predicted molar refractivity (Wildman–Crippen MR) is 84.9 cm³/mol. The molecule has 106 valence electrons. The van der Waals surface area contributed by atoms with Gasteiger partial charge in [-0.05, 0) is 56.0 Å². The van der Waals surface area contributed by atoms with Gasteiger partial charge in [0.15, 0.2) is 0 Å². The second-order valence-electron chi connectivity index (χ2n) is 5.37. The van der Waals surface area contributed by atoms with Gasteiger partial charge in [-0.2, -0.15) is 0 Å². The molecule has 20 heavy (non-hydrogen) atoms. The van der Waals surface area contributed by atoms with E-state index in [4.69, 9.17) is 0 Å². The van der Waals surface area contributed by atoms with Crippen LogP contribution in [-0.4, -0.2) is 11.5 Å². The zero-order chi connectivity index (χ0) is 14.4. The average Bonchev–Trinajstić information content (AvgIpc) is 2.45. The van der Waals surface area contributed by atoms with Gasteiger partial charge in [-0.1, -0.05) is 36.8 Å². The minimum absolute atomic E-state index is 0.417. The Labute approximate surface area is 122 Å². The third kappa shape index (κ3) is 3.91. The van der Waals surface area contributed by atoms with Crippen molar-refractivity contribution in [1.82, 2.24) is 10.3 Å². The predicted octanol–water partition coefficient (Wildman–Crippen LogP) is 3.98. The van der Waals surface area contributed by atoms with Crippen LogP contribution in [0.2, 0.25) is 0 Å². The molecule has 1 heterocycles. The summed E-state index contributed by atoms with van der Waals surface area (Å²) < 4.78 is 0. The Morgan fingerprint density at radius 2 is 2.05 bits per heavy atom. The van der Waals surface area contributed by atoms with E-state index in [0.717, 1.165) is 19.4 Å². The van der Waals surface area contributed by atoms with Crippen LogP contribution in [0.5, 0.6) is 0 Å². The van der Waals surface area contributed by atoms with Gasteiger partial charge >= 0.3 is 0 Å². The fourth-order valence-corrected chi connectivity index (χ4v) is 2.69. The first-order valence-corrected chi connectivity index (χ1v) is 7.40. The Hall–Kier alpha value is -1.67. The molecule has 0 fully saturated rings. The van der Waals surface area contributed by atoms with E-state index in [2.05, 4.69) is 55.3 Å². The van der Waals surface area contributed by atoms with Gasteiger partial charge in [0.1, 0.15) is 0 Å². The van der Waals surface area contributed by atoms with Crippen LogP contribution in [0.1, 0.15) is 41.6 Å². The summed E-state index contributed by atoms with van der Waals surface area (Å²) in [6.07, 6.45) is 5.95. The molecule has 1 aromatic heterocycles. The summed E-state index contributed by atoms with van der Waals surface area (Å²) in [4.78, 5) is 4.19. The average molecular weight is 268 g/mol. The molecule has 0 radical (unpaired) electrons. The van der Waals surface area contributed by atoms with Crippen LogP contribution in [0.4, 0.5) is 0 Å². The van der Waals surface area contributed by atoms with Crippen molar-refractivity contribution >= 4 is 0 Å². The highest BCUT2D eigenvalue weighted by Crippen LogP contribution is 2.23. The number of pyridine rings is 1. The summed E-state index contributed by atoms with van der Waals surface area (Å²) in [5, 5.41) is 3.61. The van der Waals surface area contributed by atoms with E-state index in [1.807, 2.05) is 18.5 Å². The Bertz CT molecular complexity index is 534. The van der Waals surface area contributed by atoms with E-state index < -0.39 is 0 Å². The number of hydrogen-bond acceptors (Lipinski definition) is 2. The minimum atomic E-state index is 0.417. The summed E-state index contributed by atoms with van der Waals surface area (Å²) in [6.45, 7) is 7.51. The molecular formula is C18H24N2. The summed E-state index contributed by atoms with van der Waals surface area (Å²) >= 11 is 0. The normalized spacial score (nSPS) is 12.3. The van der Waals surface area contributed by atoms with Crippen molar-refractivity contribution in [1.29, 1.82) is 0 Å². The second-order valence-corrected chi connectivity index (χ2v) is 5.37. The molecule has 0 amide bonds. The summed E-state index contributed by atoms with van der Waals surface area (Å²) in [6, 6.07) is 11.3. The highest BCUT2D eigenvalue weighted by Gasteiger charge is 2.12. The van der Waals surface area contributed by atoms with Gasteiger partial charge in [-0.15, -0.1) is 0 Å². The molecule has 1 N–H and O–H groups in total. The van der Waals surface area contributed by atoms with Gasteiger partial charge in [0.2, 0.25) is 0 Å². The quantitative estimate of drug-likeness (QED) is 0.857. The van der Waals surface area contributed by atoms with E-state index >= 15 is 0 Å². The smallest absolute Gasteiger partial charge is 0.0325 e. The first kappa shape index (κ1) is 14.7. The Balaban J connectivity index is 2.10. The molecule has 2 aromatic rings. The molecule has 1 aromatic carbocycles. The van der Waals surface area contributed by atoms with Crippen LogP contribution >= 0.6 is 0 Å². The van der Waals surface area contributed by atoms with Crippen LogP contribution in [-0.2, 0) is 6.42 Å². The van der Waals surface area contributed by atoms with Gasteiger partial charge < -0.3 is 5.32 Å². The molecule has 0 aliphatic carbocycles. The third-order valence-corrected chi connectivity index (χ3v) is 3.70. The molecule has 0 saturated carbocycles. The number of rotatable bonds is 6. The highest BCUT2D eigenvalue weighted by atomic mass is 14.9. The first-order valence-electron chi connectivity index (χ1n) is 7.40. The van der Waals surface area contributed by atoms with Crippen LogP contribution < -0.4 is 5.32 Å². The monoisotopic (exact) mass is 268 g/mol. The summed E-state index contributed by atoms with van der Waals surface area (Å²) in [5.74, 6) is 0. The minimum Gasteiger partial charge on any atom is -0.310 e. The molecule has 2 heteroatoms. The summed E-state index contributed by atoms with van der Waals surface area (Å²) in [7, 11) is 0. The van der Waals surface area contributed by atoms with Crippen molar-refractivity contribution in [2.24, 2.45) is 0 Å². The number of nitrogens with zero attached hydrogens (tertiary/aromatic N) is 1. The second kappa shape index (κ2) is 7.20. The van der Waals surface area contributed by atoms with Gasteiger partial charge in [0.25, 0.3) is 0 Å². The van der Waals surface area contributed by atoms with E-state index in [1.165, 1.54) is 22.3 Å². The van der Waals surface area contributed by atoms with Crippen molar-refractivity contribution in [3.05, 3.63) is 65.0 Å². The zero-order valence-corrected chi connectivity index (χ0v) is 12.7. The Morgan fingerprint density at radius 3 is 2.70 bits per heavy atom. The van der Waals surface area contributed by atoms with Crippen LogP contribution in [0, 0.1) is 13.8 Å². The molecule has 0 aliphatic heterocycles. The molecule has 0 spiro atoms. The number of nitrogens with one attached hydrogen (secondary N) is 1. The Kier molecular flexibility index (Phi) is 5.31. The van der Waals surface area contributed by atoms with Crippen molar-refractivity contribution in [3.8, 4) is 0 Å². The van der Waals surface area contributed by atoms with Crippen molar-refractivity contribution in [3.63, 3.8) is 0 Å². The van der Waals surface area contributed by atoms with Crippen molar-refractivity contribution in [2.75, 3.05) is 6.54 Å². The zero-order valence-electron chi connectivity index (χ0n) is 12.7. The fraction of sp³-hybridized carbons (Fsp3) is 0.389. The molecule has 2 nitrogen and oxygen atoms in total. The lowest BCUT2D eigenvalue weighted by molar-refractivity contribution is 0.513. The lowest BCUT2D eigenvalue weighted by Crippen LogP contribution is -2.22. The van der Waals surface area contributed by atoms with E-state index in [1.54, 1.807) is 0 Å². The van der Waals surface area contributed by atoms with Gasteiger partial charge in [-0.3, -0.25) is 4.98 Å². The maximum absolute atomic E-state index is 4.19. The van der Waals surface area contributed by atoms with Gasteiger partial charge in [0.05, 0.1) is 0 Å². The number of hydrogen-bond donors (Lipinski definition) is 1. The SMILES string of the molecule is CCNC(CCc1cccnc1)c1ccc(C)cc1C. The lowest BCUT2D eigenvalue weighted by atomic mass is 9.94. The Morgan fingerprint density at radius 1 is 1.20 bits per heavy atom. The molecule has 0 bridgehead atoms. The first-order chi connectivity index (χ1) is 9.70. The molecule has 2 rings (SSSR count). The number of benzene rings is 1. The topological polar surface area (TPSA) is 24.9 Å². The molecular weight excluding hydrogens is 244 g/mol. The molecule has 1 atom stereocenters.